The Balaban J connectivity index is 1.31. The van der Waals surface area contributed by atoms with Gasteiger partial charge in [-0.1, -0.05) is 50.1 Å². The zero-order chi connectivity index (χ0) is 18.6. The minimum atomic E-state index is 0.177. The molecule has 1 aliphatic heterocycles. The topological polar surface area (TPSA) is 46.9 Å². The molecule has 1 amide bonds. The zero-order valence-electron chi connectivity index (χ0n) is 16.1. The monoisotopic (exact) mass is 383 g/mol. The second kappa shape index (κ2) is 8.51. The van der Waals surface area contributed by atoms with Crippen LogP contribution in [0, 0.1) is 11.8 Å². The summed E-state index contributed by atoms with van der Waals surface area (Å²) in [6.45, 7) is 3.30. The van der Waals surface area contributed by atoms with Crippen molar-refractivity contribution >= 4 is 23.4 Å². The van der Waals surface area contributed by atoms with Crippen molar-refractivity contribution < 1.29 is 4.79 Å². The molecule has 1 aromatic heterocycles. The van der Waals surface area contributed by atoms with Crippen molar-refractivity contribution in [1.29, 1.82) is 0 Å². The number of benzene rings is 1. The summed E-state index contributed by atoms with van der Waals surface area (Å²) in [4.78, 5) is 17.3. The normalized spacial score (nSPS) is 21.8. The first-order chi connectivity index (χ1) is 13.2. The lowest BCUT2D eigenvalue weighted by Crippen LogP contribution is -2.27. The first kappa shape index (κ1) is 18.6. The summed E-state index contributed by atoms with van der Waals surface area (Å²) in [5.41, 5.74) is 3.00. The van der Waals surface area contributed by atoms with Crippen molar-refractivity contribution in [3.05, 3.63) is 30.5 Å². The van der Waals surface area contributed by atoms with E-state index in [1.807, 2.05) is 23.9 Å². The minimum Gasteiger partial charge on any atom is -0.326 e. The second-order valence-corrected chi connectivity index (χ2v) is 8.94. The number of aryl methyl sites for hydroxylation is 1. The number of anilines is 1. The van der Waals surface area contributed by atoms with Gasteiger partial charge in [0.15, 0.2) is 5.16 Å². The molecular weight excluding hydrogens is 354 g/mol. The molecular formula is C22H29N3OS. The third kappa shape index (κ3) is 4.40. The van der Waals surface area contributed by atoms with Crippen molar-refractivity contribution in [2.24, 2.45) is 11.8 Å². The van der Waals surface area contributed by atoms with Crippen LogP contribution in [0.3, 0.4) is 0 Å². The van der Waals surface area contributed by atoms with Gasteiger partial charge in [0.05, 0.1) is 5.69 Å². The average Bonchev–Trinajstić information content (AvgIpc) is 3.29. The van der Waals surface area contributed by atoms with E-state index < -0.39 is 0 Å². The van der Waals surface area contributed by atoms with E-state index in [0.29, 0.717) is 0 Å². The molecule has 2 aromatic rings. The zero-order valence-corrected chi connectivity index (χ0v) is 16.9. The number of carbonyl (C=O) groups is 1. The number of hydrogen-bond acceptors (Lipinski definition) is 3. The maximum atomic E-state index is 12.6. The van der Waals surface area contributed by atoms with Gasteiger partial charge in [-0.3, -0.25) is 4.79 Å². The third-order valence-corrected chi connectivity index (χ3v) is 6.91. The Morgan fingerprint density at radius 1 is 1.22 bits per heavy atom. The highest BCUT2D eigenvalue weighted by molar-refractivity contribution is 7.99. The van der Waals surface area contributed by atoms with E-state index in [0.717, 1.165) is 53.2 Å². The van der Waals surface area contributed by atoms with E-state index >= 15 is 0 Å². The van der Waals surface area contributed by atoms with Gasteiger partial charge in [0.1, 0.15) is 0 Å². The number of thioether (sulfide) groups is 1. The van der Waals surface area contributed by atoms with Crippen LogP contribution in [0.5, 0.6) is 0 Å². The fourth-order valence-corrected chi connectivity index (χ4v) is 5.17. The van der Waals surface area contributed by atoms with Crippen LogP contribution in [-0.2, 0) is 11.3 Å². The first-order valence-corrected chi connectivity index (χ1v) is 11.3. The molecule has 0 unspecified atom stereocenters. The summed E-state index contributed by atoms with van der Waals surface area (Å²) in [7, 11) is 0. The Morgan fingerprint density at radius 3 is 2.70 bits per heavy atom. The smallest absolute Gasteiger partial charge is 0.227 e. The standard InChI is InChI=1S/C22H29N3OS/c1-2-3-4-16-5-7-18(8-6-16)21(26)23-19-11-9-17(10-12-19)20-15-25-13-14-27-22(25)24-20/h9-12,15-16,18H,2-8,13-14H2,1H3,(H,23,26). The third-order valence-electron chi connectivity index (χ3n) is 5.93. The van der Waals surface area contributed by atoms with Crippen molar-refractivity contribution in [1.82, 2.24) is 9.55 Å². The quantitative estimate of drug-likeness (QED) is 0.707. The molecule has 2 heterocycles. The lowest BCUT2D eigenvalue weighted by atomic mass is 9.79. The van der Waals surface area contributed by atoms with Gasteiger partial charge >= 0.3 is 0 Å². The highest BCUT2D eigenvalue weighted by Gasteiger charge is 2.26. The number of nitrogens with one attached hydrogen (secondary N) is 1. The molecule has 27 heavy (non-hydrogen) atoms. The highest BCUT2D eigenvalue weighted by atomic mass is 32.2. The average molecular weight is 384 g/mol. The van der Waals surface area contributed by atoms with E-state index in [1.165, 1.54) is 32.1 Å². The molecule has 1 aliphatic carbocycles. The van der Waals surface area contributed by atoms with E-state index in [1.54, 1.807) is 0 Å². The molecule has 0 radical (unpaired) electrons. The van der Waals surface area contributed by atoms with E-state index in [-0.39, 0.29) is 11.8 Å². The second-order valence-electron chi connectivity index (χ2n) is 7.88. The van der Waals surface area contributed by atoms with Gasteiger partial charge in [-0.25, -0.2) is 4.98 Å². The van der Waals surface area contributed by atoms with E-state index in [4.69, 9.17) is 4.98 Å². The Hall–Kier alpha value is -1.75. The van der Waals surface area contributed by atoms with Crippen LogP contribution in [0.1, 0.15) is 51.9 Å². The molecule has 0 saturated heterocycles. The lowest BCUT2D eigenvalue weighted by Gasteiger charge is -2.27. The Morgan fingerprint density at radius 2 is 2.00 bits per heavy atom. The number of unbranched alkanes of at least 4 members (excludes halogenated alkanes) is 1. The van der Waals surface area contributed by atoms with Crippen molar-refractivity contribution in [2.45, 2.75) is 63.6 Å². The van der Waals surface area contributed by atoms with Crippen molar-refractivity contribution in [3.8, 4) is 11.3 Å². The molecule has 5 heteroatoms. The summed E-state index contributed by atoms with van der Waals surface area (Å²) in [5, 5.41) is 4.23. The van der Waals surface area contributed by atoms with E-state index in [2.05, 4.69) is 35.1 Å². The number of carbonyl (C=O) groups excluding carboxylic acids is 1. The fraction of sp³-hybridized carbons (Fsp3) is 0.545. The number of imidazole rings is 1. The van der Waals surface area contributed by atoms with Gasteiger partial charge in [-0.2, -0.15) is 0 Å². The Labute approximate surface area is 166 Å². The molecule has 4 rings (SSSR count). The molecule has 144 valence electrons. The van der Waals surface area contributed by atoms with Crippen LogP contribution in [0.4, 0.5) is 5.69 Å². The van der Waals surface area contributed by atoms with Crippen LogP contribution >= 0.6 is 11.8 Å². The minimum absolute atomic E-state index is 0.177. The van der Waals surface area contributed by atoms with Crippen LogP contribution in [0.15, 0.2) is 35.6 Å². The van der Waals surface area contributed by atoms with Crippen LogP contribution < -0.4 is 5.32 Å². The molecule has 0 bridgehead atoms. The summed E-state index contributed by atoms with van der Waals surface area (Å²) in [5.74, 6) is 2.32. The van der Waals surface area contributed by atoms with Crippen molar-refractivity contribution in [3.63, 3.8) is 0 Å². The van der Waals surface area contributed by atoms with Crippen LogP contribution in [-0.4, -0.2) is 21.2 Å². The Bertz CT molecular complexity index is 754. The maximum Gasteiger partial charge on any atom is 0.227 e. The summed E-state index contributed by atoms with van der Waals surface area (Å²) < 4.78 is 2.21. The highest BCUT2D eigenvalue weighted by Crippen LogP contribution is 2.33. The van der Waals surface area contributed by atoms with Crippen LogP contribution in [0.2, 0.25) is 0 Å². The number of amides is 1. The predicted molar refractivity (Wildman–Crippen MR) is 112 cm³/mol. The molecule has 1 saturated carbocycles. The number of hydrogen-bond donors (Lipinski definition) is 1. The first-order valence-electron chi connectivity index (χ1n) is 10.3. The van der Waals surface area contributed by atoms with Gasteiger partial charge in [0, 0.05) is 35.7 Å². The summed E-state index contributed by atoms with van der Waals surface area (Å²) in [6.07, 6.45) is 10.6. The molecule has 0 spiro atoms. The molecule has 1 fully saturated rings. The number of rotatable bonds is 6. The number of nitrogens with zero attached hydrogens (tertiary/aromatic N) is 2. The predicted octanol–water partition coefficient (Wildman–Crippen LogP) is 5.59. The molecule has 1 N–H and O–H groups in total. The maximum absolute atomic E-state index is 12.6. The number of aromatic nitrogens is 2. The van der Waals surface area contributed by atoms with Gasteiger partial charge < -0.3 is 9.88 Å². The van der Waals surface area contributed by atoms with E-state index in [9.17, 15) is 4.79 Å². The Kier molecular flexibility index (Phi) is 5.86. The van der Waals surface area contributed by atoms with Gasteiger partial charge in [0.2, 0.25) is 5.91 Å². The number of fused-ring (bicyclic) bond motifs is 1. The molecule has 0 atom stereocenters. The molecule has 2 aliphatic rings. The molecule has 4 nitrogen and oxygen atoms in total. The lowest BCUT2D eigenvalue weighted by molar-refractivity contribution is -0.121. The van der Waals surface area contributed by atoms with Gasteiger partial charge in [-0.15, -0.1) is 0 Å². The SMILES string of the molecule is CCCCC1CCC(C(=O)Nc2ccc(-c3cn4c(n3)SCC4)cc2)CC1. The van der Waals surface area contributed by atoms with Crippen molar-refractivity contribution in [2.75, 3.05) is 11.1 Å². The van der Waals surface area contributed by atoms with Crippen LogP contribution in [0.25, 0.3) is 11.3 Å². The largest absolute Gasteiger partial charge is 0.326 e. The summed E-state index contributed by atoms with van der Waals surface area (Å²) in [6, 6.07) is 8.11. The summed E-state index contributed by atoms with van der Waals surface area (Å²) >= 11 is 1.81. The fourth-order valence-electron chi connectivity index (χ4n) is 4.22. The van der Waals surface area contributed by atoms with Gasteiger partial charge in [0.25, 0.3) is 0 Å². The molecule has 1 aromatic carbocycles. The van der Waals surface area contributed by atoms with Gasteiger partial charge in [-0.05, 0) is 43.7 Å².